The van der Waals surface area contributed by atoms with Gasteiger partial charge in [-0.3, -0.25) is 9.80 Å². The molecule has 1 heterocycles. The van der Waals surface area contributed by atoms with Gasteiger partial charge in [-0.15, -0.1) is 0 Å². The minimum atomic E-state index is -1.94. The predicted molar refractivity (Wildman–Crippen MR) is 107 cm³/mol. The molecule has 6 heteroatoms. The highest BCUT2D eigenvalue weighted by Crippen LogP contribution is 2.39. The summed E-state index contributed by atoms with van der Waals surface area (Å²) in [6.45, 7) is 13.6. The van der Waals surface area contributed by atoms with E-state index in [0.29, 0.717) is 13.0 Å². The maximum Gasteiger partial charge on any atom is 0.266 e. The number of hydrazine groups is 1. The van der Waals surface area contributed by atoms with Crippen LogP contribution < -0.4 is 5.84 Å². The maximum atomic E-state index is 12.6. The third kappa shape index (κ3) is 4.74. The first kappa shape index (κ1) is 21.1. The summed E-state index contributed by atoms with van der Waals surface area (Å²) < 4.78 is 12.5. The maximum absolute atomic E-state index is 12.6. The fourth-order valence-electron chi connectivity index (χ4n) is 2.99. The third-order valence-corrected chi connectivity index (χ3v) is 10.2. The average molecular weight is 379 g/mol. The van der Waals surface area contributed by atoms with Gasteiger partial charge in [-0.25, -0.2) is 5.84 Å². The van der Waals surface area contributed by atoms with E-state index in [1.54, 1.807) is 0 Å². The van der Waals surface area contributed by atoms with Gasteiger partial charge in [0, 0.05) is 6.42 Å². The number of benzene rings is 1. The van der Waals surface area contributed by atoms with Crippen molar-refractivity contribution in [3.63, 3.8) is 0 Å². The van der Waals surface area contributed by atoms with Gasteiger partial charge < -0.3 is 9.16 Å². The van der Waals surface area contributed by atoms with E-state index in [1.165, 1.54) is 5.01 Å². The van der Waals surface area contributed by atoms with Crippen molar-refractivity contribution in [1.29, 1.82) is 0 Å². The van der Waals surface area contributed by atoms with Gasteiger partial charge in [-0.2, -0.15) is 0 Å². The quantitative estimate of drug-likeness (QED) is 0.445. The van der Waals surface area contributed by atoms with Crippen LogP contribution in [0, 0.1) is 0 Å². The number of hydrogen-bond acceptors (Lipinski definition) is 4. The van der Waals surface area contributed by atoms with E-state index < -0.39 is 14.4 Å². The fourth-order valence-corrected chi connectivity index (χ4v) is 4.43. The SMILES string of the molecule is CCC(O[Si](C)(C)C(C)(C)C)C1CC(OCc2ccccc2)C(=O)N1N. The van der Waals surface area contributed by atoms with Gasteiger partial charge >= 0.3 is 0 Å². The molecule has 0 radical (unpaired) electrons. The van der Waals surface area contributed by atoms with E-state index in [4.69, 9.17) is 15.0 Å². The van der Waals surface area contributed by atoms with Gasteiger partial charge in [-0.05, 0) is 30.1 Å². The molecule has 0 aliphatic carbocycles. The molecule has 0 bridgehead atoms. The molecule has 1 aromatic rings. The summed E-state index contributed by atoms with van der Waals surface area (Å²) in [6.07, 6.45) is 0.844. The van der Waals surface area contributed by atoms with Crippen molar-refractivity contribution < 1.29 is 14.0 Å². The van der Waals surface area contributed by atoms with Crippen molar-refractivity contribution in [3.8, 4) is 0 Å². The van der Waals surface area contributed by atoms with Crippen molar-refractivity contribution in [2.24, 2.45) is 5.84 Å². The Bertz CT molecular complexity index is 601. The van der Waals surface area contributed by atoms with Gasteiger partial charge in [0.15, 0.2) is 8.32 Å². The topological polar surface area (TPSA) is 64.8 Å². The largest absolute Gasteiger partial charge is 0.412 e. The lowest BCUT2D eigenvalue weighted by Crippen LogP contribution is -2.52. The minimum absolute atomic E-state index is 0.0600. The molecule has 1 amide bonds. The molecule has 2 rings (SSSR count). The molecule has 5 nitrogen and oxygen atoms in total. The standard InChI is InChI=1S/C20H34N2O3Si/c1-7-17(25-26(5,6)20(2,3)4)16-13-18(19(23)22(16)21)24-14-15-11-9-8-10-12-15/h8-12,16-18H,7,13-14,21H2,1-6H3. The van der Waals surface area contributed by atoms with Crippen LogP contribution in [0.3, 0.4) is 0 Å². The number of ether oxygens (including phenoxy) is 1. The lowest BCUT2D eigenvalue weighted by molar-refractivity contribution is -0.139. The third-order valence-electron chi connectivity index (χ3n) is 5.72. The van der Waals surface area contributed by atoms with E-state index in [0.717, 1.165) is 12.0 Å². The Morgan fingerprint density at radius 3 is 2.42 bits per heavy atom. The Balaban J connectivity index is 2.03. The number of amides is 1. The predicted octanol–water partition coefficient (Wildman–Crippen LogP) is 3.85. The lowest BCUT2D eigenvalue weighted by Gasteiger charge is -2.41. The first-order valence-corrected chi connectivity index (χ1v) is 12.4. The highest BCUT2D eigenvalue weighted by atomic mass is 28.4. The van der Waals surface area contributed by atoms with Gasteiger partial charge in [0.25, 0.3) is 5.91 Å². The average Bonchev–Trinajstić information content (AvgIpc) is 2.86. The van der Waals surface area contributed by atoms with E-state index in [1.807, 2.05) is 30.3 Å². The number of carbonyl (C=O) groups is 1. The number of carbonyl (C=O) groups excluding carboxylic acids is 1. The molecule has 146 valence electrons. The first-order valence-electron chi connectivity index (χ1n) is 9.48. The molecule has 1 aromatic carbocycles. The number of hydrogen-bond donors (Lipinski definition) is 1. The molecule has 0 saturated carbocycles. The van der Waals surface area contributed by atoms with Crippen molar-refractivity contribution in [2.75, 3.05) is 0 Å². The Morgan fingerprint density at radius 1 is 1.27 bits per heavy atom. The lowest BCUT2D eigenvalue weighted by atomic mass is 10.1. The number of nitrogens with two attached hydrogens (primary N) is 1. The molecule has 1 saturated heterocycles. The summed E-state index contributed by atoms with van der Waals surface area (Å²) in [5.41, 5.74) is 1.05. The second kappa shape index (κ2) is 8.21. The monoisotopic (exact) mass is 378 g/mol. The molecule has 1 aliphatic heterocycles. The number of nitrogens with zero attached hydrogens (tertiary/aromatic N) is 1. The molecular formula is C20H34N2O3Si. The normalized spacial score (nSPS) is 22.7. The zero-order valence-corrected chi connectivity index (χ0v) is 18.0. The fraction of sp³-hybridized carbons (Fsp3) is 0.650. The molecule has 0 aromatic heterocycles. The Morgan fingerprint density at radius 2 is 1.88 bits per heavy atom. The zero-order chi connectivity index (χ0) is 19.5. The molecule has 1 fully saturated rings. The van der Waals surface area contributed by atoms with Crippen LogP contribution in [-0.2, 0) is 20.6 Å². The first-order chi connectivity index (χ1) is 12.1. The van der Waals surface area contributed by atoms with Crippen LogP contribution in [0.15, 0.2) is 30.3 Å². The molecule has 3 atom stereocenters. The summed E-state index contributed by atoms with van der Waals surface area (Å²) in [6, 6.07) is 9.74. The van der Waals surface area contributed by atoms with Crippen molar-refractivity contribution in [3.05, 3.63) is 35.9 Å². The molecular weight excluding hydrogens is 344 g/mol. The highest BCUT2D eigenvalue weighted by Gasteiger charge is 2.46. The molecule has 3 unspecified atom stereocenters. The van der Waals surface area contributed by atoms with Crippen LogP contribution in [0.5, 0.6) is 0 Å². The van der Waals surface area contributed by atoms with Crippen LogP contribution in [0.2, 0.25) is 18.1 Å². The van der Waals surface area contributed by atoms with Crippen LogP contribution in [0.25, 0.3) is 0 Å². The Labute approximate surface area is 158 Å². The highest BCUT2D eigenvalue weighted by molar-refractivity contribution is 6.74. The molecule has 0 spiro atoms. The van der Waals surface area contributed by atoms with E-state index in [9.17, 15) is 4.79 Å². The van der Waals surface area contributed by atoms with E-state index in [2.05, 4.69) is 40.8 Å². The Hall–Kier alpha value is -1.21. The summed E-state index contributed by atoms with van der Waals surface area (Å²) in [4.78, 5) is 12.6. The van der Waals surface area contributed by atoms with Crippen LogP contribution in [-0.4, -0.2) is 37.5 Å². The summed E-state index contributed by atoms with van der Waals surface area (Å²) >= 11 is 0. The van der Waals surface area contributed by atoms with E-state index in [-0.39, 0.29) is 23.1 Å². The van der Waals surface area contributed by atoms with Crippen molar-refractivity contribution >= 4 is 14.2 Å². The van der Waals surface area contributed by atoms with Gasteiger partial charge in [0.05, 0.1) is 18.8 Å². The van der Waals surface area contributed by atoms with Crippen molar-refractivity contribution in [2.45, 2.75) is 83.5 Å². The zero-order valence-electron chi connectivity index (χ0n) is 17.0. The molecule has 1 aliphatic rings. The summed E-state index contributed by atoms with van der Waals surface area (Å²) in [5.74, 6) is 5.98. The Kier molecular flexibility index (Phi) is 6.66. The number of rotatable bonds is 7. The summed E-state index contributed by atoms with van der Waals surface area (Å²) in [5, 5.41) is 1.46. The van der Waals surface area contributed by atoms with Gasteiger partial charge in [0.1, 0.15) is 6.10 Å². The van der Waals surface area contributed by atoms with Crippen LogP contribution in [0.4, 0.5) is 0 Å². The smallest absolute Gasteiger partial charge is 0.266 e. The van der Waals surface area contributed by atoms with E-state index >= 15 is 0 Å². The second-order valence-electron chi connectivity index (χ2n) is 8.66. The molecule has 2 N–H and O–H groups in total. The van der Waals surface area contributed by atoms with Gasteiger partial charge in [0.2, 0.25) is 0 Å². The molecule has 26 heavy (non-hydrogen) atoms. The summed E-state index contributed by atoms with van der Waals surface area (Å²) in [7, 11) is -1.94. The van der Waals surface area contributed by atoms with Crippen LogP contribution >= 0.6 is 0 Å². The second-order valence-corrected chi connectivity index (χ2v) is 13.4. The van der Waals surface area contributed by atoms with Crippen LogP contribution in [0.1, 0.15) is 46.1 Å². The van der Waals surface area contributed by atoms with Gasteiger partial charge in [-0.1, -0.05) is 58.0 Å². The van der Waals surface area contributed by atoms with Crippen molar-refractivity contribution in [1.82, 2.24) is 5.01 Å². The minimum Gasteiger partial charge on any atom is -0.412 e.